The molecule has 0 bridgehead atoms. The minimum Gasteiger partial charge on any atom is -0.324 e. The number of nitrogens with one attached hydrogen (secondary N) is 2. The summed E-state index contributed by atoms with van der Waals surface area (Å²) in [5, 5.41) is 7.66. The molecule has 1 fully saturated rings. The van der Waals surface area contributed by atoms with Gasteiger partial charge in [-0.2, -0.15) is 4.98 Å². The zero-order valence-corrected chi connectivity index (χ0v) is 20.1. The van der Waals surface area contributed by atoms with E-state index in [1.807, 2.05) is 12.1 Å². The summed E-state index contributed by atoms with van der Waals surface area (Å²) in [5.74, 6) is 1.33. The van der Waals surface area contributed by atoms with Gasteiger partial charge in [-0.15, -0.1) is 0 Å². The largest absolute Gasteiger partial charge is 0.324 e. The first-order chi connectivity index (χ1) is 17.1. The highest BCUT2D eigenvalue weighted by Gasteiger charge is 2.19. The predicted molar refractivity (Wildman–Crippen MR) is 138 cm³/mol. The van der Waals surface area contributed by atoms with Crippen LogP contribution in [0.2, 0.25) is 10.0 Å². The molecule has 2 N–H and O–H groups in total. The minimum atomic E-state index is -0.355. The SMILES string of the molecule is O=c1c2cnc(Nc3ccc(C4CCNCC4)cc3)nc2n2ccnc2n1-c1c(Cl)cccc1Cl. The van der Waals surface area contributed by atoms with E-state index in [0.29, 0.717) is 44.4 Å². The van der Waals surface area contributed by atoms with Crippen LogP contribution in [0.5, 0.6) is 0 Å². The number of benzene rings is 2. The molecule has 0 saturated carbocycles. The van der Waals surface area contributed by atoms with Crippen molar-refractivity contribution in [2.75, 3.05) is 18.4 Å². The molecule has 0 spiro atoms. The number of imidazole rings is 1. The minimum absolute atomic E-state index is 0.318. The average molecular weight is 506 g/mol. The van der Waals surface area contributed by atoms with Gasteiger partial charge < -0.3 is 10.6 Å². The van der Waals surface area contributed by atoms with E-state index >= 15 is 0 Å². The molecule has 0 atom stereocenters. The van der Waals surface area contributed by atoms with Gasteiger partial charge in [-0.05, 0) is 61.7 Å². The molecule has 0 amide bonds. The molecule has 0 aliphatic carbocycles. The molecule has 0 radical (unpaired) electrons. The Morgan fingerprint density at radius 3 is 2.49 bits per heavy atom. The van der Waals surface area contributed by atoms with Crippen molar-refractivity contribution in [1.29, 1.82) is 0 Å². The van der Waals surface area contributed by atoms with Crippen LogP contribution in [0.4, 0.5) is 11.6 Å². The smallest absolute Gasteiger partial charge is 0.270 e. The predicted octanol–water partition coefficient (Wildman–Crippen LogP) is 4.95. The lowest BCUT2D eigenvalue weighted by Gasteiger charge is -2.23. The number of halogens is 2. The third-order valence-corrected chi connectivity index (χ3v) is 7.00. The number of hydrogen-bond acceptors (Lipinski definition) is 6. The van der Waals surface area contributed by atoms with Gasteiger partial charge in [0.25, 0.3) is 5.56 Å². The Kier molecular flexibility index (Phi) is 5.64. The number of aromatic nitrogens is 5. The van der Waals surface area contributed by atoms with Gasteiger partial charge in [0.15, 0.2) is 5.65 Å². The van der Waals surface area contributed by atoms with Gasteiger partial charge in [-0.1, -0.05) is 41.4 Å². The maximum atomic E-state index is 13.5. The van der Waals surface area contributed by atoms with E-state index in [9.17, 15) is 4.79 Å². The summed E-state index contributed by atoms with van der Waals surface area (Å²) in [6.07, 6.45) is 7.15. The van der Waals surface area contributed by atoms with Crippen LogP contribution in [-0.4, -0.2) is 37.0 Å². The van der Waals surface area contributed by atoms with Gasteiger partial charge in [0.1, 0.15) is 5.39 Å². The van der Waals surface area contributed by atoms with Crippen molar-refractivity contribution in [3.05, 3.63) is 87.0 Å². The molecule has 6 rings (SSSR count). The molecule has 176 valence electrons. The van der Waals surface area contributed by atoms with E-state index in [1.165, 1.54) is 16.3 Å². The highest BCUT2D eigenvalue weighted by molar-refractivity contribution is 6.37. The molecular formula is C25H21Cl2N7O. The lowest BCUT2D eigenvalue weighted by molar-refractivity contribution is 0.460. The first kappa shape index (κ1) is 22.0. The van der Waals surface area contributed by atoms with Crippen molar-refractivity contribution in [2.24, 2.45) is 0 Å². The maximum Gasteiger partial charge on any atom is 0.270 e. The van der Waals surface area contributed by atoms with Crippen molar-refractivity contribution >= 4 is 51.6 Å². The van der Waals surface area contributed by atoms with Crippen LogP contribution in [0.3, 0.4) is 0 Å². The summed E-state index contributed by atoms with van der Waals surface area (Å²) in [5.41, 5.74) is 2.67. The van der Waals surface area contributed by atoms with Crippen LogP contribution < -0.4 is 16.2 Å². The fraction of sp³-hybridized carbons (Fsp3) is 0.200. The highest BCUT2D eigenvalue weighted by Crippen LogP contribution is 2.30. The molecule has 35 heavy (non-hydrogen) atoms. The molecule has 5 aromatic rings. The van der Waals surface area contributed by atoms with Crippen LogP contribution in [0.25, 0.3) is 22.5 Å². The Balaban J connectivity index is 1.39. The molecule has 3 aromatic heterocycles. The second kappa shape index (κ2) is 8.96. The number of piperidine rings is 1. The summed E-state index contributed by atoms with van der Waals surface area (Å²) < 4.78 is 3.12. The third kappa shape index (κ3) is 3.93. The van der Waals surface area contributed by atoms with Crippen LogP contribution in [-0.2, 0) is 0 Å². The summed E-state index contributed by atoms with van der Waals surface area (Å²) in [6.45, 7) is 2.12. The second-order valence-corrected chi connectivity index (χ2v) is 9.32. The average Bonchev–Trinajstić information content (AvgIpc) is 3.37. The van der Waals surface area contributed by atoms with E-state index in [0.717, 1.165) is 31.6 Å². The molecule has 1 aliphatic rings. The molecule has 10 heteroatoms. The standard InChI is InChI=1S/C25H21Cl2N7O/c26-19-2-1-3-20(27)21(19)34-23(35)18-14-30-24(32-22(18)33-13-12-29-25(33)34)31-17-6-4-15(5-7-17)16-8-10-28-11-9-16/h1-7,12-14,16,28H,8-11H2,(H,30,31,32). The van der Waals surface area contributed by atoms with Gasteiger partial charge in [-0.25, -0.2) is 14.5 Å². The van der Waals surface area contributed by atoms with E-state index in [-0.39, 0.29) is 5.56 Å². The molecule has 1 aliphatic heterocycles. The molecular weight excluding hydrogens is 485 g/mol. The lowest BCUT2D eigenvalue weighted by atomic mass is 9.90. The Labute approximate surface area is 210 Å². The van der Waals surface area contributed by atoms with Crippen LogP contribution in [0.15, 0.2) is 65.8 Å². The molecule has 1 saturated heterocycles. The molecule has 8 nitrogen and oxygen atoms in total. The monoisotopic (exact) mass is 505 g/mol. The first-order valence-electron chi connectivity index (χ1n) is 11.4. The Hall–Kier alpha value is -3.46. The summed E-state index contributed by atoms with van der Waals surface area (Å²) in [6, 6.07) is 13.5. The van der Waals surface area contributed by atoms with Gasteiger partial charge in [0.2, 0.25) is 11.7 Å². The topological polar surface area (TPSA) is 89.1 Å². The van der Waals surface area contributed by atoms with E-state index in [4.69, 9.17) is 23.2 Å². The summed E-state index contributed by atoms with van der Waals surface area (Å²) in [7, 11) is 0. The maximum absolute atomic E-state index is 13.5. The number of fused-ring (bicyclic) bond motifs is 3. The molecule has 0 unspecified atom stereocenters. The number of rotatable bonds is 4. The second-order valence-electron chi connectivity index (χ2n) is 8.51. The number of anilines is 2. The van der Waals surface area contributed by atoms with E-state index < -0.39 is 0 Å². The van der Waals surface area contributed by atoms with Gasteiger partial charge in [0.05, 0.1) is 15.7 Å². The number of nitrogens with zero attached hydrogens (tertiary/aromatic N) is 5. The zero-order chi connectivity index (χ0) is 23.9. The molecule has 2 aromatic carbocycles. The Morgan fingerprint density at radius 2 is 1.74 bits per heavy atom. The van der Waals surface area contributed by atoms with Gasteiger partial charge in [-0.3, -0.25) is 9.20 Å². The van der Waals surface area contributed by atoms with Crippen molar-refractivity contribution in [3.63, 3.8) is 0 Å². The van der Waals surface area contributed by atoms with Crippen molar-refractivity contribution < 1.29 is 0 Å². The molecule has 4 heterocycles. The van der Waals surface area contributed by atoms with Crippen LogP contribution in [0.1, 0.15) is 24.3 Å². The summed E-state index contributed by atoms with van der Waals surface area (Å²) in [4.78, 5) is 26.9. The van der Waals surface area contributed by atoms with E-state index in [1.54, 1.807) is 35.0 Å². The normalized spacial score (nSPS) is 14.6. The van der Waals surface area contributed by atoms with Crippen molar-refractivity contribution in [2.45, 2.75) is 18.8 Å². The van der Waals surface area contributed by atoms with Crippen molar-refractivity contribution in [1.82, 2.24) is 29.2 Å². The number of hydrogen-bond donors (Lipinski definition) is 2. The van der Waals surface area contributed by atoms with Gasteiger partial charge >= 0.3 is 0 Å². The third-order valence-electron chi connectivity index (χ3n) is 6.39. The quantitative estimate of drug-likeness (QED) is 0.359. The highest BCUT2D eigenvalue weighted by atomic mass is 35.5. The fourth-order valence-electron chi connectivity index (χ4n) is 4.63. The number of para-hydroxylation sites is 1. The van der Waals surface area contributed by atoms with Crippen LogP contribution >= 0.6 is 23.2 Å². The Morgan fingerprint density at radius 1 is 1.00 bits per heavy atom. The fourth-order valence-corrected chi connectivity index (χ4v) is 5.20. The van der Waals surface area contributed by atoms with E-state index in [2.05, 4.69) is 37.7 Å². The van der Waals surface area contributed by atoms with Crippen molar-refractivity contribution in [3.8, 4) is 5.69 Å². The van der Waals surface area contributed by atoms with Crippen LogP contribution in [0, 0.1) is 0 Å². The Bertz CT molecular complexity index is 1580. The lowest BCUT2D eigenvalue weighted by Crippen LogP contribution is -2.26. The summed E-state index contributed by atoms with van der Waals surface area (Å²) >= 11 is 12.8. The first-order valence-corrected chi connectivity index (χ1v) is 12.1. The zero-order valence-electron chi connectivity index (χ0n) is 18.6. The van der Waals surface area contributed by atoms with Gasteiger partial charge in [0, 0.05) is 24.3 Å².